The van der Waals surface area contributed by atoms with Crippen molar-refractivity contribution in [1.29, 1.82) is 0 Å². The molecule has 0 radical (unpaired) electrons. The first-order valence-corrected chi connectivity index (χ1v) is 8.09. The number of halogens is 1. The van der Waals surface area contributed by atoms with E-state index < -0.39 is 15.1 Å². The second-order valence-corrected chi connectivity index (χ2v) is 7.49. The van der Waals surface area contributed by atoms with Crippen molar-refractivity contribution in [1.82, 2.24) is 0 Å². The molecule has 6 heteroatoms. The lowest BCUT2D eigenvalue weighted by atomic mass is 10.1. The van der Waals surface area contributed by atoms with Gasteiger partial charge in [0.25, 0.3) is 0 Å². The molecule has 0 saturated heterocycles. The van der Waals surface area contributed by atoms with Crippen LogP contribution in [-0.2, 0) is 9.84 Å². The summed E-state index contributed by atoms with van der Waals surface area (Å²) in [6.07, 6.45) is 0. The van der Waals surface area contributed by atoms with Crippen molar-refractivity contribution in [2.45, 2.75) is 9.46 Å². The van der Waals surface area contributed by atoms with Gasteiger partial charge in [-0.1, -0.05) is 29.8 Å². The highest BCUT2D eigenvalue weighted by Gasteiger charge is 2.28. The van der Waals surface area contributed by atoms with Gasteiger partial charge < -0.3 is 5.73 Å². The minimum absolute atomic E-state index is 0.0435. The second kappa shape index (κ2) is 5.40. The first kappa shape index (κ1) is 13.5. The summed E-state index contributed by atoms with van der Waals surface area (Å²) in [5.74, 6) is 0. The largest absolute Gasteiger partial charge is 0.329 e. The third kappa shape index (κ3) is 2.59. The summed E-state index contributed by atoms with van der Waals surface area (Å²) in [6, 6.07) is 10.1. The van der Waals surface area contributed by atoms with Gasteiger partial charge in [-0.05, 0) is 29.1 Å². The van der Waals surface area contributed by atoms with E-state index in [1.807, 2.05) is 0 Å². The number of hydrogen-bond acceptors (Lipinski definition) is 4. The lowest BCUT2D eigenvalue weighted by molar-refractivity contribution is 0.584. The zero-order chi connectivity index (χ0) is 13.2. The smallest absolute Gasteiger partial charge is 0.195 e. The average Bonchev–Trinajstić information content (AvgIpc) is 2.86. The van der Waals surface area contributed by atoms with Gasteiger partial charge in [0.2, 0.25) is 0 Å². The summed E-state index contributed by atoms with van der Waals surface area (Å²) >= 11 is 7.00. The standard InChI is InChI=1S/C12H12ClNO2S2/c13-10-5-3-9(4-6-10)11(8-14)18(15,16)12-2-1-7-17-12/h1-7,11H,8,14H2/t11-/m1/s1. The van der Waals surface area contributed by atoms with E-state index in [1.54, 1.807) is 41.8 Å². The Morgan fingerprint density at radius 3 is 2.39 bits per heavy atom. The van der Waals surface area contributed by atoms with Crippen molar-refractivity contribution in [3.05, 3.63) is 52.4 Å². The molecule has 2 rings (SSSR count). The Hall–Kier alpha value is -0.880. The van der Waals surface area contributed by atoms with E-state index in [-0.39, 0.29) is 6.54 Å². The van der Waals surface area contributed by atoms with Crippen LogP contribution in [0.15, 0.2) is 46.0 Å². The van der Waals surface area contributed by atoms with Crippen molar-refractivity contribution in [2.75, 3.05) is 6.54 Å². The molecule has 0 spiro atoms. The molecule has 18 heavy (non-hydrogen) atoms. The molecule has 1 atom stereocenters. The quantitative estimate of drug-likeness (QED) is 0.944. The normalized spacial score (nSPS) is 13.4. The van der Waals surface area contributed by atoms with Gasteiger partial charge in [-0.2, -0.15) is 0 Å². The molecule has 0 aliphatic carbocycles. The van der Waals surface area contributed by atoms with E-state index in [4.69, 9.17) is 17.3 Å². The maximum Gasteiger partial charge on any atom is 0.195 e. The highest BCUT2D eigenvalue weighted by atomic mass is 35.5. The van der Waals surface area contributed by atoms with Gasteiger partial charge in [0, 0.05) is 11.6 Å². The van der Waals surface area contributed by atoms with Crippen LogP contribution < -0.4 is 5.73 Å². The molecule has 2 aromatic rings. The van der Waals surface area contributed by atoms with Gasteiger partial charge in [0.15, 0.2) is 9.84 Å². The Morgan fingerprint density at radius 1 is 1.22 bits per heavy atom. The topological polar surface area (TPSA) is 60.2 Å². The predicted octanol–water partition coefficient (Wildman–Crippen LogP) is 2.88. The Bertz CT molecular complexity index is 606. The van der Waals surface area contributed by atoms with Crippen LogP contribution in [0.5, 0.6) is 0 Å². The van der Waals surface area contributed by atoms with Gasteiger partial charge in [-0.3, -0.25) is 0 Å². The van der Waals surface area contributed by atoms with Gasteiger partial charge in [0.1, 0.15) is 9.46 Å². The maximum absolute atomic E-state index is 12.4. The van der Waals surface area contributed by atoms with E-state index in [0.717, 1.165) is 0 Å². The third-order valence-corrected chi connectivity index (χ3v) is 6.42. The van der Waals surface area contributed by atoms with Gasteiger partial charge in [-0.15, -0.1) is 11.3 Å². The molecule has 96 valence electrons. The fourth-order valence-electron chi connectivity index (χ4n) is 1.68. The minimum atomic E-state index is -3.42. The first-order chi connectivity index (χ1) is 8.55. The molecular weight excluding hydrogens is 290 g/mol. The number of nitrogens with two attached hydrogens (primary N) is 1. The van der Waals surface area contributed by atoms with E-state index in [0.29, 0.717) is 14.8 Å². The highest BCUT2D eigenvalue weighted by Crippen LogP contribution is 2.31. The van der Waals surface area contributed by atoms with Crippen LogP contribution in [0.25, 0.3) is 0 Å². The monoisotopic (exact) mass is 301 g/mol. The SMILES string of the molecule is NC[C@H](c1ccc(Cl)cc1)S(=O)(=O)c1cccs1. The Labute approximate surface area is 115 Å². The number of thiophene rings is 1. The number of hydrogen-bond donors (Lipinski definition) is 1. The summed E-state index contributed by atoms with van der Waals surface area (Å²) in [4.78, 5) is 0. The van der Waals surface area contributed by atoms with E-state index in [1.165, 1.54) is 11.3 Å². The molecule has 0 bridgehead atoms. The second-order valence-electron chi connectivity index (χ2n) is 3.75. The van der Waals surface area contributed by atoms with E-state index in [9.17, 15) is 8.42 Å². The molecule has 1 aromatic heterocycles. The van der Waals surface area contributed by atoms with Gasteiger partial charge in [0.05, 0.1) is 0 Å². The van der Waals surface area contributed by atoms with Crippen LogP contribution in [0.1, 0.15) is 10.8 Å². The maximum atomic E-state index is 12.4. The molecule has 0 unspecified atom stereocenters. The molecule has 1 heterocycles. The van der Waals surface area contributed by atoms with Crippen molar-refractivity contribution in [2.24, 2.45) is 5.73 Å². The molecule has 0 aliphatic rings. The van der Waals surface area contributed by atoms with Crippen LogP contribution in [0, 0.1) is 0 Å². The van der Waals surface area contributed by atoms with Crippen LogP contribution in [0.3, 0.4) is 0 Å². The van der Waals surface area contributed by atoms with Crippen molar-refractivity contribution in [3.8, 4) is 0 Å². The molecule has 0 saturated carbocycles. The average molecular weight is 302 g/mol. The Kier molecular flexibility index (Phi) is 4.07. The first-order valence-electron chi connectivity index (χ1n) is 5.28. The minimum Gasteiger partial charge on any atom is -0.329 e. The van der Waals surface area contributed by atoms with Crippen molar-refractivity contribution >= 4 is 32.8 Å². The summed E-state index contributed by atoms with van der Waals surface area (Å²) < 4.78 is 25.2. The van der Waals surface area contributed by atoms with E-state index in [2.05, 4.69) is 0 Å². The van der Waals surface area contributed by atoms with Crippen LogP contribution in [-0.4, -0.2) is 15.0 Å². The summed E-state index contributed by atoms with van der Waals surface area (Å²) in [5, 5.41) is 1.58. The molecule has 1 aromatic carbocycles. The summed E-state index contributed by atoms with van der Waals surface area (Å²) in [5.41, 5.74) is 6.29. The molecule has 3 nitrogen and oxygen atoms in total. The van der Waals surface area contributed by atoms with Gasteiger partial charge >= 0.3 is 0 Å². The van der Waals surface area contributed by atoms with E-state index >= 15 is 0 Å². The van der Waals surface area contributed by atoms with Crippen molar-refractivity contribution in [3.63, 3.8) is 0 Å². The summed E-state index contributed by atoms with van der Waals surface area (Å²) in [6.45, 7) is 0.0435. The summed E-state index contributed by atoms with van der Waals surface area (Å²) in [7, 11) is -3.42. The zero-order valence-electron chi connectivity index (χ0n) is 9.41. The Morgan fingerprint density at radius 2 is 1.89 bits per heavy atom. The fourth-order valence-corrected chi connectivity index (χ4v) is 4.63. The highest BCUT2D eigenvalue weighted by molar-refractivity contribution is 7.93. The number of sulfone groups is 1. The molecule has 0 fully saturated rings. The lowest BCUT2D eigenvalue weighted by Crippen LogP contribution is -2.21. The zero-order valence-corrected chi connectivity index (χ0v) is 11.8. The van der Waals surface area contributed by atoms with Crippen LogP contribution >= 0.6 is 22.9 Å². The third-order valence-electron chi connectivity index (χ3n) is 2.61. The van der Waals surface area contributed by atoms with Crippen LogP contribution in [0.2, 0.25) is 5.02 Å². The molecule has 2 N–H and O–H groups in total. The fraction of sp³-hybridized carbons (Fsp3) is 0.167. The van der Waals surface area contributed by atoms with Gasteiger partial charge in [-0.25, -0.2) is 8.42 Å². The lowest BCUT2D eigenvalue weighted by Gasteiger charge is -2.15. The number of benzene rings is 1. The van der Waals surface area contributed by atoms with Crippen LogP contribution in [0.4, 0.5) is 0 Å². The Balaban J connectivity index is 2.43. The van der Waals surface area contributed by atoms with Crippen molar-refractivity contribution < 1.29 is 8.42 Å². The molecule has 0 aliphatic heterocycles. The molecular formula is C12H12ClNO2S2. The number of rotatable bonds is 4. The predicted molar refractivity (Wildman–Crippen MR) is 74.8 cm³/mol. The molecule has 0 amide bonds.